The Bertz CT molecular complexity index is 739. The number of nitrogens with one attached hydrogen (secondary N) is 1. The van der Waals surface area contributed by atoms with E-state index in [-0.39, 0.29) is 24.4 Å². The number of hydrogen-bond acceptors (Lipinski definition) is 4. The maximum atomic E-state index is 12.7. The van der Waals surface area contributed by atoms with E-state index in [1.807, 2.05) is 27.7 Å². The summed E-state index contributed by atoms with van der Waals surface area (Å²) < 4.78 is 0. The summed E-state index contributed by atoms with van der Waals surface area (Å²) in [5.74, 6) is -0.546. The zero-order valence-corrected chi connectivity index (χ0v) is 15.7. The SMILES string of the molecule is Cc1nc(NC(=O)CN(C(=O)c2ccccc2Cl)C(C)C)sc1C. The molecule has 1 heterocycles. The molecule has 0 spiro atoms. The molecule has 2 amide bonds. The quantitative estimate of drug-likeness (QED) is 0.873. The van der Waals surface area contributed by atoms with Gasteiger partial charge in [-0.25, -0.2) is 4.98 Å². The zero-order valence-electron chi connectivity index (χ0n) is 14.1. The van der Waals surface area contributed by atoms with Crippen molar-refractivity contribution < 1.29 is 9.59 Å². The van der Waals surface area contributed by atoms with Crippen molar-refractivity contribution >= 4 is 39.9 Å². The Kier molecular flexibility index (Phi) is 5.96. The van der Waals surface area contributed by atoms with E-state index in [2.05, 4.69) is 10.3 Å². The fraction of sp³-hybridized carbons (Fsp3) is 0.353. The molecule has 0 unspecified atom stereocenters. The van der Waals surface area contributed by atoms with Crippen LogP contribution >= 0.6 is 22.9 Å². The number of aromatic nitrogens is 1. The molecule has 2 aromatic rings. The number of rotatable bonds is 5. The largest absolute Gasteiger partial charge is 0.327 e. The Morgan fingerprint density at radius 1 is 1.29 bits per heavy atom. The maximum Gasteiger partial charge on any atom is 0.256 e. The van der Waals surface area contributed by atoms with Crippen molar-refractivity contribution in [2.24, 2.45) is 0 Å². The van der Waals surface area contributed by atoms with Gasteiger partial charge in [-0.1, -0.05) is 23.7 Å². The number of carbonyl (C=O) groups excluding carboxylic acids is 2. The molecule has 0 aliphatic rings. The predicted molar refractivity (Wildman–Crippen MR) is 97.8 cm³/mol. The van der Waals surface area contributed by atoms with Crippen LogP contribution in [0.15, 0.2) is 24.3 Å². The van der Waals surface area contributed by atoms with E-state index >= 15 is 0 Å². The molecule has 0 aliphatic heterocycles. The first-order valence-electron chi connectivity index (χ1n) is 7.59. The van der Waals surface area contributed by atoms with E-state index in [0.29, 0.717) is 15.7 Å². The van der Waals surface area contributed by atoms with Gasteiger partial charge in [-0.15, -0.1) is 11.3 Å². The van der Waals surface area contributed by atoms with Gasteiger partial charge in [-0.2, -0.15) is 0 Å². The molecule has 24 heavy (non-hydrogen) atoms. The van der Waals surface area contributed by atoms with Gasteiger partial charge in [0.05, 0.1) is 16.3 Å². The van der Waals surface area contributed by atoms with Gasteiger partial charge in [0.1, 0.15) is 6.54 Å². The molecule has 128 valence electrons. The fourth-order valence-electron chi connectivity index (χ4n) is 2.12. The topological polar surface area (TPSA) is 62.3 Å². The number of aryl methyl sites for hydroxylation is 2. The van der Waals surface area contributed by atoms with Crippen molar-refractivity contribution in [2.45, 2.75) is 33.7 Å². The molecule has 0 aliphatic carbocycles. The third-order valence-electron chi connectivity index (χ3n) is 3.58. The lowest BCUT2D eigenvalue weighted by Gasteiger charge is -2.26. The fourth-order valence-corrected chi connectivity index (χ4v) is 3.17. The number of nitrogens with zero attached hydrogens (tertiary/aromatic N) is 2. The number of halogens is 1. The molecule has 0 radical (unpaired) electrons. The Morgan fingerprint density at radius 3 is 2.50 bits per heavy atom. The van der Waals surface area contributed by atoms with Crippen molar-refractivity contribution in [3.05, 3.63) is 45.4 Å². The molecule has 1 N–H and O–H groups in total. The summed E-state index contributed by atoms with van der Waals surface area (Å²) in [5.41, 5.74) is 1.28. The normalized spacial score (nSPS) is 10.8. The Labute approximate surface area is 150 Å². The molecular weight excluding hydrogens is 346 g/mol. The molecule has 0 saturated carbocycles. The van der Waals surface area contributed by atoms with Crippen molar-refractivity contribution in [1.29, 1.82) is 0 Å². The minimum absolute atomic E-state index is 0.0562. The number of thiazole rings is 1. The van der Waals surface area contributed by atoms with Gasteiger partial charge in [0.2, 0.25) is 5.91 Å². The molecule has 0 saturated heterocycles. The van der Waals surface area contributed by atoms with Crippen LogP contribution in [0, 0.1) is 13.8 Å². The van der Waals surface area contributed by atoms with E-state index in [0.717, 1.165) is 10.6 Å². The van der Waals surface area contributed by atoms with E-state index in [4.69, 9.17) is 11.6 Å². The predicted octanol–water partition coefficient (Wildman–Crippen LogP) is 3.90. The summed E-state index contributed by atoms with van der Waals surface area (Å²) in [6.45, 7) is 7.51. The lowest BCUT2D eigenvalue weighted by atomic mass is 10.1. The van der Waals surface area contributed by atoms with Crippen LogP contribution in [0.1, 0.15) is 34.8 Å². The van der Waals surface area contributed by atoms with Crippen molar-refractivity contribution in [1.82, 2.24) is 9.88 Å². The van der Waals surface area contributed by atoms with Gasteiger partial charge in [0, 0.05) is 10.9 Å². The van der Waals surface area contributed by atoms with Crippen LogP contribution in [0.25, 0.3) is 0 Å². The molecule has 0 atom stereocenters. The molecule has 7 heteroatoms. The summed E-state index contributed by atoms with van der Waals surface area (Å²) in [6.07, 6.45) is 0. The number of benzene rings is 1. The van der Waals surface area contributed by atoms with Crippen LogP contribution in [-0.2, 0) is 4.79 Å². The zero-order chi connectivity index (χ0) is 17.9. The van der Waals surface area contributed by atoms with Crippen LogP contribution in [0.2, 0.25) is 5.02 Å². The first-order chi connectivity index (χ1) is 11.3. The van der Waals surface area contributed by atoms with Crippen molar-refractivity contribution in [3.8, 4) is 0 Å². The molecular formula is C17H20ClN3O2S. The molecule has 1 aromatic carbocycles. The molecule has 1 aromatic heterocycles. The van der Waals surface area contributed by atoms with Crippen molar-refractivity contribution in [3.63, 3.8) is 0 Å². The standard InChI is InChI=1S/C17H20ClN3O2S/c1-10(2)21(16(23)13-7-5-6-8-14(13)18)9-15(22)20-17-19-11(3)12(4)24-17/h5-8,10H,9H2,1-4H3,(H,19,20,22). The van der Waals surface area contributed by atoms with Crippen LogP contribution in [-0.4, -0.2) is 34.3 Å². The van der Waals surface area contributed by atoms with Gasteiger partial charge in [-0.3, -0.25) is 9.59 Å². The van der Waals surface area contributed by atoms with E-state index in [1.165, 1.54) is 16.2 Å². The minimum Gasteiger partial charge on any atom is -0.327 e. The lowest BCUT2D eigenvalue weighted by molar-refractivity contribution is -0.117. The highest BCUT2D eigenvalue weighted by Gasteiger charge is 2.23. The van der Waals surface area contributed by atoms with E-state index < -0.39 is 0 Å². The average molecular weight is 366 g/mol. The minimum atomic E-state index is -0.280. The second kappa shape index (κ2) is 7.77. The van der Waals surface area contributed by atoms with Gasteiger partial charge in [0.15, 0.2) is 5.13 Å². The molecule has 0 bridgehead atoms. The number of hydrogen-bond donors (Lipinski definition) is 1. The highest BCUT2D eigenvalue weighted by molar-refractivity contribution is 7.15. The highest BCUT2D eigenvalue weighted by Crippen LogP contribution is 2.22. The van der Waals surface area contributed by atoms with Crippen LogP contribution in [0.5, 0.6) is 0 Å². The summed E-state index contributed by atoms with van der Waals surface area (Å²) in [4.78, 5) is 31.8. The lowest BCUT2D eigenvalue weighted by Crippen LogP contribution is -2.42. The van der Waals surface area contributed by atoms with E-state index in [1.54, 1.807) is 24.3 Å². The van der Waals surface area contributed by atoms with Gasteiger partial charge in [-0.05, 0) is 39.8 Å². The maximum absolute atomic E-state index is 12.7. The van der Waals surface area contributed by atoms with Crippen molar-refractivity contribution in [2.75, 3.05) is 11.9 Å². The van der Waals surface area contributed by atoms with Gasteiger partial charge < -0.3 is 10.2 Å². The third kappa shape index (κ3) is 4.33. The first-order valence-corrected chi connectivity index (χ1v) is 8.78. The second-order valence-electron chi connectivity index (χ2n) is 5.72. The summed E-state index contributed by atoms with van der Waals surface area (Å²) >= 11 is 7.52. The highest BCUT2D eigenvalue weighted by atomic mass is 35.5. The Morgan fingerprint density at radius 2 is 1.96 bits per heavy atom. The number of amides is 2. The third-order valence-corrected chi connectivity index (χ3v) is 4.90. The monoisotopic (exact) mass is 365 g/mol. The van der Waals surface area contributed by atoms with Crippen LogP contribution in [0.3, 0.4) is 0 Å². The van der Waals surface area contributed by atoms with E-state index in [9.17, 15) is 9.59 Å². The number of carbonyl (C=O) groups is 2. The van der Waals surface area contributed by atoms with Gasteiger partial charge in [0.25, 0.3) is 5.91 Å². The van der Waals surface area contributed by atoms with Crippen LogP contribution in [0.4, 0.5) is 5.13 Å². The summed E-state index contributed by atoms with van der Waals surface area (Å²) in [5, 5.41) is 3.67. The summed E-state index contributed by atoms with van der Waals surface area (Å²) in [6, 6.07) is 6.69. The molecule has 5 nitrogen and oxygen atoms in total. The first kappa shape index (κ1) is 18.4. The Hall–Kier alpha value is -1.92. The van der Waals surface area contributed by atoms with Gasteiger partial charge >= 0.3 is 0 Å². The molecule has 0 fully saturated rings. The Balaban J connectivity index is 2.12. The smallest absolute Gasteiger partial charge is 0.256 e. The average Bonchev–Trinajstić information content (AvgIpc) is 2.82. The summed E-state index contributed by atoms with van der Waals surface area (Å²) in [7, 11) is 0. The van der Waals surface area contributed by atoms with Crippen LogP contribution < -0.4 is 5.32 Å². The molecule has 2 rings (SSSR count). The number of anilines is 1. The second-order valence-corrected chi connectivity index (χ2v) is 7.33.